The summed E-state index contributed by atoms with van der Waals surface area (Å²) >= 11 is 0. The van der Waals surface area contributed by atoms with Crippen LogP contribution in [0.1, 0.15) is 85.1 Å². The average Bonchev–Trinajstić information content (AvgIpc) is 3.27. The highest BCUT2D eigenvalue weighted by atomic mass is 32.2. The highest BCUT2D eigenvalue weighted by Crippen LogP contribution is 2.40. The van der Waals surface area contributed by atoms with E-state index >= 15 is 0 Å². The lowest BCUT2D eigenvalue weighted by atomic mass is 9.87. The SMILES string of the molecule is CC.O=C(O)Cc1cc2c([nH]1)CCCC2NS(=O)C1C=CC(c2cc(C(F)(F)F)cc(C(F)(F)F)c2)CC1. The molecule has 12 heteroatoms. The van der Waals surface area contributed by atoms with Crippen molar-refractivity contribution in [1.82, 2.24) is 9.71 Å². The van der Waals surface area contributed by atoms with E-state index in [0.717, 1.165) is 36.2 Å². The number of nitrogens with one attached hydrogen (secondary N) is 2. The number of H-pyrrole nitrogens is 1. The molecule has 38 heavy (non-hydrogen) atoms. The van der Waals surface area contributed by atoms with Gasteiger partial charge in [-0.25, -0.2) is 8.93 Å². The van der Waals surface area contributed by atoms with Crippen molar-refractivity contribution in [3.05, 3.63) is 70.1 Å². The van der Waals surface area contributed by atoms with E-state index < -0.39 is 51.6 Å². The monoisotopic (exact) mass is 564 g/mol. The van der Waals surface area contributed by atoms with Gasteiger partial charge in [-0.05, 0) is 67.5 Å². The summed E-state index contributed by atoms with van der Waals surface area (Å²) in [6.07, 6.45) is -4.04. The van der Waals surface area contributed by atoms with Crippen molar-refractivity contribution in [2.75, 3.05) is 0 Å². The summed E-state index contributed by atoms with van der Waals surface area (Å²) in [5, 5.41) is 8.56. The maximum Gasteiger partial charge on any atom is 0.416 e. The van der Waals surface area contributed by atoms with Crippen LogP contribution in [0.5, 0.6) is 0 Å². The number of benzene rings is 1. The predicted molar refractivity (Wildman–Crippen MR) is 132 cm³/mol. The van der Waals surface area contributed by atoms with E-state index in [0.29, 0.717) is 18.5 Å². The van der Waals surface area contributed by atoms with Crippen molar-refractivity contribution in [2.45, 2.75) is 81.9 Å². The van der Waals surface area contributed by atoms with Crippen LogP contribution in [0, 0.1) is 0 Å². The Morgan fingerprint density at radius 3 is 2.16 bits per heavy atom. The Morgan fingerprint density at radius 2 is 1.63 bits per heavy atom. The Balaban J connectivity index is 0.00000195. The van der Waals surface area contributed by atoms with Crippen molar-refractivity contribution >= 4 is 17.0 Å². The zero-order valence-electron chi connectivity index (χ0n) is 20.9. The number of fused-ring (bicyclic) bond motifs is 1. The minimum Gasteiger partial charge on any atom is -0.481 e. The van der Waals surface area contributed by atoms with E-state index in [-0.39, 0.29) is 30.5 Å². The largest absolute Gasteiger partial charge is 0.481 e. The standard InChI is InChI=1S/C24H24F6N2O3S.C2H6/c25-23(26,27)15-8-14(9-16(10-15)24(28,29)30)13-4-6-18(7-5-13)36(35)32-21-3-1-2-20-19(21)11-17(31-20)12-22(33)34;1-2/h4,6,8-11,13,18,21,31-32H,1-3,5,7,12H2,(H,33,34);1-2H3. The van der Waals surface area contributed by atoms with E-state index in [1.54, 1.807) is 12.1 Å². The summed E-state index contributed by atoms with van der Waals surface area (Å²) in [7, 11) is -1.55. The number of aromatic nitrogens is 1. The van der Waals surface area contributed by atoms with Crippen LogP contribution in [0.2, 0.25) is 0 Å². The van der Waals surface area contributed by atoms with E-state index in [2.05, 4.69) is 9.71 Å². The van der Waals surface area contributed by atoms with Gasteiger partial charge >= 0.3 is 18.3 Å². The number of alkyl halides is 6. The van der Waals surface area contributed by atoms with Crippen LogP contribution in [0.15, 0.2) is 36.4 Å². The van der Waals surface area contributed by atoms with E-state index in [9.17, 15) is 35.3 Å². The molecule has 0 saturated heterocycles. The minimum absolute atomic E-state index is 0.0826. The first kappa shape index (κ1) is 29.9. The first-order valence-electron chi connectivity index (χ1n) is 12.4. The van der Waals surface area contributed by atoms with Gasteiger partial charge < -0.3 is 10.1 Å². The maximum atomic E-state index is 13.2. The second kappa shape index (κ2) is 12.1. The van der Waals surface area contributed by atoms with Crippen molar-refractivity contribution in [2.24, 2.45) is 0 Å². The molecule has 0 saturated carbocycles. The fraction of sp³-hybridized carbons (Fsp3) is 0.500. The summed E-state index contributed by atoms with van der Waals surface area (Å²) in [6.45, 7) is 4.00. The molecule has 0 aliphatic heterocycles. The molecule has 2 aliphatic carbocycles. The van der Waals surface area contributed by atoms with Gasteiger partial charge in [0.25, 0.3) is 0 Å². The summed E-state index contributed by atoms with van der Waals surface area (Å²) in [6, 6.07) is 3.10. The third kappa shape index (κ3) is 7.28. The van der Waals surface area contributed by atoms with Crippen molar-refractivity contribution in [3.8, 4) is 0 Å². The lowest BCUT2D eigenvalue weighted by Gasteiger charge is -2.28. The molecule has 0 bridgehead atoms. The Morgan fingerprint density at radius 1 is 1.00 bits per heavy atom. The summed E-state index contributed by atoms with van der Waals surface area (Å²) < 4.78 is 95.3. The lowest BCUT2D eigenvalue weighted by Crippen LogP contribution is -2.33. The minimum atomic E-state index is -4.91. The molecule has 0 spiro atoms. The molecule has 2 aromatic rings. The van der Waals surface area contributed by atoms with Gasteiger partial charge in [0.2, 0.25) is 0 Å². The number of carboxylic acids is 1. The summed E-state index contributed by atoms with van der Waals surface area (Å²) in [5.74, 6) is -1.63. The van der Waals surface area contributed by atoms with Gasteiger partial charge in [0, 0.05) is 23.3 Å². The van der Waals surface area contributed by atoms with E-state index in [1.807, 2.05) is 13.8 Å². The van der Waals surface area contributed by atoms with Gasteiger partial charge in [0.1, 0.15) is 0 Å². The Hall–Kier alpha value is -2.60. The number of aryl methyl sites for hydroxylation is 1. The van der Waals surface area contributed by atoms with E-state index in [1.165, 1.54) is 6.08 Å². The number of allylic oxidation sites excluding steroid dienone is 1. The first-order chi connectivity index (χ1) is 17.8. The zero-order valence-corrected chi connectivity index (χ0v) is 21.7. The highest BCUT2D eigenvalue weighted by Gasteiger charge is 2.38. The van der Waals surface area contributed by atoms with Gasteiger partial charge in [-0.15, -0.1) is 0 Å². The molecular formula is C26H30F6N2O3S. The number of hydrogen-bond donors (Lipinski definition) is 3. The van der Waals surface area contributed by atoms with Gasteiger partial charge in [-0.1, -0.05) is 26.0 Å². The predicted octanol–water partition coefficient (Wildman–Crippen LogP) is 6.84. The number of carboxylic acid groups (broad SMARTS) is 1. The lowest BCUT2D eigenvalue weighted by molar-refractivity contribution is -0.143. The summed E-state index contributed by atoms with van der Waals surface area (Å²) in [4.78, 5) is 14.1. The summed E-state index contributed by atoms with van der Waals surface area (Å²) in [5.41, 5.74) is -0.458. The third-order valence-corrected chi connectivity index (χ3v) is 7.98. The quantitative estimate of drug-likeness (QED) is 0.266. The van der Waals surface area contributed by atoms with Gasteiger partial charge in [0.15, 0.2) is 0 Å². The molecule has 4 rings (SSSR count). The maximum absolute atomic E-state index is 13.2. The molecule has 2 aliphatic rings. The Kier molecular flexibility index (Phi) is 9.51. The molecule has 210 valence electrons. The van der Waals surface area contributed by atoms with Crippen LogP contribution in [-0.4, -0.2) is 25.5 Å². The smallest absolute Gasteiger partial charge is 0.416 e. The highest BCUT2D eigenvalue weighted by molar-refractivity contribution is 7.83. The molecule has 1 aromatic carbocycles. The molecule has 1 heterocycles. The Bertz CT molecular complexity index is 1160. The van der Waals surface area contributed by atoms with Gasteiger partial charge in [-0.3, -0.25) is 4.79 Å². The van der Waals surface area contributed by atoms with Crippen LogP contribution in [0.3, 0.4) is 0 Å². The molecule has 3 N–H and O–H groups in total. The van der Waals surface area contributed by atoms with Crippen LogP contribution in [0.4, 0.5) is 26.3 Å². The van der Waals surface area contributed by atoms with Crippen LogP contribution in [-0.2, 0) is 41.0 Å². The molecule has 4 unspecified atom stereocenters. The number of aliphatic carboxylic acids is 1. The molecule has 4 atom stereocenters. The van der Waals surface area contributed by atoms with Crippen molar-refractivity contribution < 1.29 is 40.5 Å². The molecular weight excluding hydrogens is 534 g/mol. The zero-order chi connectivity index (χ0) is 28.3. The van der Waals surface area contributed by atoms with Gasteiger partial charge in [0.05, 0.1) is 33.8 Å². The number of halogens is 6. The molecule has 0 amide bonds. The number of hydrogen-bond acceptors (Lipinski definition) is 2. The topological polar surface area (TPSA) is 82.2 Å². The van der Waals surface area contributed by atoms with E-state index in [4.69, 9.17) is 5.11 Å². The molecule has 0 fully saturated rings. The Labute approximate surface area is 219 Å². The second-order valence-corrected chi connectivity index (χ2v) is 10.5. The first-order valence-corrected chi connectivity index (χ1v) is 13.6. The normalized spacial score (nSPS) is 22.3. The third-order valence-electron chi connectivity index (χ3n) is 6.52. The fourth-order valence-electron chi connectivity index (χ4n) is 4.78. The second-order valence-electron chi connectivity index (χ2n) is 9.11. The number of carbonyl (C=O) groups is 1. The average molecular weight is 565 g/mol. The van der Waals surface area contributed by atoms with Crippen molar-refractivity contribution in [1.29, 1.82) is 0 Å². The molecule has 0 radical (unpaired) electrons. The van der Waals surface area contributed by atoms with Crippen molar-refractivity contribution in [3.63, 3.8) is 0 Å². The molecule has 5 nitrogen and oxygen atoms in total. The molecule has 1 aromatic heterocycles. The fourth-order valence-corrected chi connectivity index (χ4v) is 6.07. The van der Waals surface area contributed by atoms with Crippen LogP contribution < -0.4 is 4.72 Å². The van der Waals surface area contributed by atoms with Gasteiger partial charge in [-0.2, -0.15) is 26.3 Å². The number of rotatable bonds is 6. The van der Waals surface area contributed by atoms with Crippen LogP contribution >= 0.6 is 0 Å². The van der Waals surface area contributed by atoms with Crippen LogP contribution in [0.25, 0.3) is 0 Å². The number of aromatic amines is 1.